The van der Waals surface area contributed by atoms with Gasteiger partial charge in [0.25, 0.3) is 5.91 Å². The first kappa shape index (κ1) is 17.6. The maximum atomic E-state index is 13.2. The van der Waals surface area contributed by atoms with Crippen molar-refractivity contribution in [2.24, 2.45) is 5.41 Å². The molecular formula is C20H30N4O2. The predicted molar refractivity (Wildman–Crippen MR) is 98.9 cm³/mol. The van der Waals surface area contributed by atoms with Crippen LogP contribution in [0.3, 0.4) is 0 Å². The van der Waals surface area contributed by atoms with E-state index in [1.165, 1.54) is 19.3 Å². The average Bonchev–Trinajstić information content (AvgIpc) is 3.32. The Kier molecular flexibility index (Phi) is 4.76. The first-order valence-electron chi connectivity index (χ1n) is 10.3. The van der Waals surface area contributed by atoms with Crippen molar-refractivity contribution in [3.63, 3.8) is 0 Å². The summed E-state index contributed by atoms with van der Waals surface area (Å²) in [5, 5.41) is 7.29. The molecule has 1 aliphatic carbocycles. The number of nitrogens with zero attached hydrogens (tertiary/aromatic N) is 3. The third-order valence-electron chi connectivity index (χ3n) is 6.76. The molecule has 142 valence electrons. The van der Waals surface area contributed by atoms with E-state index >= 15 is 0 Å². The minimum atomic E-state index is -0.349. The van der Waals surface area contributed by atoms with Gasteiger partial charge in [0.1, 0.15) is 0 Å². The minimum absolute atomic E-state index is 0.0534. The lowest BCUT2D eigenvalue weighted by atomic mass is 9.78. The van der Waals surface area contributed by atoms with E-state index in [0.29, 0.717) is 19.0 Å². The molecule has 3 heterocycles. The number of carbonyl (C=O) groups excluding carboxylic acids is 2. The molecule has 4 rings (SSSR count). The monoisotopic (exact) mass is 358 g/mol. The molecule has 26 heavy (non-hydrogen) atoms. The first-order valence-corrected chi connectivity index (χ1v) is 10.3. The number of amides is 2. The summed E-state index contributed by atoms with van der Waals surface area (Å²) in [6, 6.07) is 0. The molecule has 6 nitrogen and oxygen atoms in total. The lowest BCUT2D eigenvalue weighted by Crippen LogP contribution is -2.50. The molecule has 1 spiro atoms. The molecular weight excluding hydrogens is 328 g/mol. The number of carbonyl (C=O) groups is 2. The predicted octanol–water partition coefficient (Wildman–Crippen LogP) is 2.93. The Morgan fingerprint density at radius 2 is 2.04 bits per heavy atom. The largest absolute Gasteiger partial charge is 0.342 e. The van der Waals surface area contributed by atoms with Crippen molar-refractivity contribution >= 4 is 11.8 Å². The van der Waals surface area contributed by atoms with Gasteiger partial charge in [-0.05, 0) is 39.0 Å². The Balaban J connectivity index is 1.50. The molecule has 0 unspecified atom stereocenters. The number of H-pyrrole nitrogens is 1. The zero-order valence-electron chi connectivity index (χ0n) is 15.8. The highest BCUT2D eigenvalue weighted by Crippen LogP contribution is 2.41. The SMILES string of the molecule is CCN1CCC[C@]2(CCN(C(=O)c3cn[nH]c3C3CCCCC3)C2)C1=O. The van der Waals surface area contributed by atoms with Crippen LogP contribution in [0.4, 0.5) is 0 Å². The molecule has 1 saturated carbocycles. The Labute approximate surface area is 155 Å². The van der Waals surface area contributed by atoms with Crippen LogP contribution in [0.1, 0.15) is 80.3 Å². The van der Waals surface area contributed by atoms with E-state index in [4.69, 9.17) is 0 Å². The summed E-state index contributed by atoms with van der Waals surface area (Å²) in [7, 11) is 0. The Bertz CT molecular complexity index is 679. The van der Waals surface area contributed by atoms with Gasteiger partial charge in [-0.15, -0.1) is 0 Å². The number of rotatable bonds is 3. The van der Waals surface area contributed by atoms with Gasteiger partial charge in [-0.1, -0.05) is 19.3 Å². The smallest absolute Gasteiger partial charge is 0.257 e. The molecule has 3 fully saturated rings. The van der Waals surface area contributed by atoms with Crippen molar-refractivity contribution in [2.75, 3.05) is 26.2 Å². The van der Waals surface area contributed by atoms with Crippen molar-refractivity contribution in [1.82, 2.24) is 20.0 Å². The lowest BCUT2D eigenvalue weighted by Gasteiger charge is -2.38. The summed E-state index contributed by atoms with van der Waals surface area (Å²) < 4.78 is 0. The zero-order valence-corrected chi connectivity index (χ0v) is 15.8. The molecule has 0 bridgehead atoms. The van der Waals surface area contributed by atoms with Crippen LogP contribution in [0, 0.1) is 5.41 Å². The van der Waals surface area contributed by atoms with E-state index in [2.05, 4.69) is 10.2 Å². The van der Waals surface area contributed by atoms with E-state index in [9.17, 15) is 9.59 Å². The lowest BCUT2D eigenvalue weighted by molar-refractivity contribution is -0.145. The molecule has 1 atom stereocenters. The van der Waals surface area contributed by atoms with Crippen LogP contribution in [0.5, 0.6) is 0 Å². The first-order chi connectivity index (χ1) is 12.6. The second kappa shape index (κ2) is 7.05. The van der Waals surface area contributed by atoms with Crippen LogP contribution >= 0.6 is 0 Å². The highest BCUT2D eigenvalue weighted by molar-refractivity contribution is 5.96. The van der Waals surface area contributed by atoms with Crippen molar-refractivity contribution in [2.45, 2.75) is 64.2 Å². The van der Waals surface area contributed by atoms with Gasteiger partial charge in [-0.2, -0.15) is 5.10 Å². The maximum Gasteiger partial charge on any atom is 0.257 e. The quantitative estimate of drug-likeness (QED) is 0.903. The highest BCUT2D eigenvalue weighted by atomic mass is 16.2. The number of aromatic nitrogens is 2. The molecule has 2 amide bonds. The molecule has 1 N–H and O–H groups in total. The fourth-order valence-corrected chi connectivity index (χ4v) is 5.22. The van der Waals surface area contributed by atoms with E-state index in [1.54, 1.807) is 6.20 Å². The number of likely N-dealkylation sites (tertiary alicyclic amines) is 2. The van der Waals surface area contributed by atoms with E-state index in [1.807, 2.05) is 16.7 Å². The summed E-state index contributed by atoms with van der Waals surface area (Å²) in [5.74, 6) is 0.729. The van der Waals surface area contributed by atoms with Crippen molar-refractivity contribution in [3.05, 3.63) is 17.5 Å². The Morgan fingerprint density at radius 1 is 1.23 bits per heavy atom. The normalized spacial score (nSPS) is 27.5. The van der Waals surface area contributed by atoms with Gasteiger partial charge in [0, 0.05) is 32.1 Å². The van der Waals surface area contributed by atoms with Crippen LogP contribution in [-0.4, -0.2) is 58.0 Å². The van der Waals surface area contributed by atoms with Gasteiger partial charge in [0.2, 0.25) is 5.91 Å². The number of piperidine rings is 1. The van der Waals surface area contributed by atoms with Crippen LogP contribution in [0.25, 0.3) is 0 Å². The third kappa shape index (κ3) is 2.93. The molecule has 6 heteroatoms. The van der Waals surface area contributed by atoms with Gasteiger partial charge >= 0.3 is 0 Å². The number of hydrogen-bond donors (Lipinski definition) is 1. The summed E-state index contributed by atoms with van der Waals surface area (Å²) in [6.07, 6.45) is 10.5. The van der Waals surface area contributed by atoms with Gasteiger partial charge < -0.3 is 9.80 Å². The van der Waals surface area contributed by atoms with Crippen LogP contribution in [0.15, 0.2) is 6.20 Å². The summed E-state index contributed by atoms with van der Waals surface area (Å²) in [6.45, 7) is 4.91. The zero-order chi connectivity index (χ0) is 18.1. The Hall–Kier alpha value is -1.85. The van der Waals surface area contributed by atoms with E-state index in [0.717, 1.165) is 56.5 Å². The second-order valence-corrected chi connectivity index (χ2v) is 8.28. The molecule has 1 aromatic rings. The topological polar surface area (TPSA) is 69.3 Å². The number of aromatic amines is 1. The fourth-order valence-electron chi connectivity index (χ4n) is 5.22. The van der Waals surface area contributed by atoms with Crippen LogP contribution in [-0.2, 0) is 4.79 Å². The van der Waals surface area contributed by atoms with Gasteiger partial charge in [-0.3, -0.25) is 14.7 Å². The van der Waals surface area contributed by atoms with Crippen molar-refractivity contribution in [1.29, 1.82) is 0 Å². The highest BCUT2D eigenvalue weighted by Gasteiger charge is 2.49. The molecule has 3 aliphatic rings. The minimum Gasteiger partial charge on any atom is -0.342 e. The van der Waals surface area contributed by atoms with Gasteiger partial charge in [0.15, 0.2) is 0 Å². The molecule has 2 aliphatic heterocycles. The fraction of sp³-hybridized carbons (Fsp3) is 0.750. The van der Waals surface area contributed by atoms with Crippen molar-refractivity contribution < 1.29 is 9.59 Å². The van der Waals surface area contributed by atoms with Crippen LogP contribution < -0.4 is 0 Å². The summed E-state index contributed by atoms with van der Waals surface area (Å²) in [4.78, 5) is 30.0. The molecule has 0 aromatic carbocycles. The maximum absolute atomic E-state index is 13.2. The number of nitrogens with one attached hydrogen (secondary N) is 1. The molecule has 1 aromatic heterocycles. The second-order valence-electron chi connectivity index (χ2n) is 8.28. The average molecular weight is 358 g/mol. The summed E-state index contributed by atoms with van der Waals surface area (Å²) >= 11 is 0. The number of hydrogen-bond acceptors (Lipinski definition) is 3. The van der Waals surface area contributed by atoms with E-state index < -0.39 is 0 Å². The molecule has 2 saturated heterocycles. The Morgan fingerprint density at radius 3 is 2.81 bits per heavy atom. The van der Waals surface area contributed by atoms with E-state index in [-0.39, 0.29) is 17.2 Å². The standard InChI is InChI=1S/C20H30N4O2/c1-2-23-11-6-9-20(19(23)26)10-12-24(14-20)18(25)16-13-21-22-17(16)15-7-4-3-5-8-15/h13,15H,2-12,14H2,1H3,(H,21,22)/t20-/m1/s1. The van der Waals surface area contributed by atoms with Crippen LogP contribution in [0.2, 0.25) is 0 Å². The van der Waals surface area contributed by atoms with Gasteiger partial charge in [0.05, 0.1) is 22.9 Å². The van der Waals surface area contributed by atoms with Gasteiger partial charge in [-0.25, -0.2) is 0 Å². The molecule has 0 radical (unpaired) electrons. The third-order valence-corrected chi connectivity index (χ3v) is 6.76. The summed E-state index contributed by atoms with van der Waals surface area (Å²) in [5.41, 5.74) is 1.39. The van der Waals surface area contributed by atoms with Crippen molar-refractivity contribution in [3.8, 4) is 0 Å².